The van der Waals surface area contributed by atoms with E-state index in [0.717, 1.165) is 16.7 Å². The van der Waals surface area contributed by atoms with Gasteiger partial charge >= 0.3 is 0 Å². The van der Waals surface area contributed by atoms with Gasteiger partial charge in [0.2, 0.25) is 0 Å². The number of hydrogen-bond donors (Lipinski definition) is 3. The van der Waals surface area contributed by atoms with Crippen molar-refractivity contribution in [3.8, 4) is 0 Å². The molecule has 0 radical (unpaired) electrons. The topological polar surface area (TPSA) is 84.1 Å². The number of benzene rings is 1. The molecule has 4 N–H and O–H groups in total. The number of aromatic nitrogens is 2. The van der Waals surface area contributed by atoms with Gasteiger partial charge in [-0.25, -0.2) is 9.97 Å². The fourth-order valence-electron chi connectivity index (χ4n) is 1.61. The summed E-state index contributed by atoms with van der Waals surface area (Å²) >= 11 is 0. The van der Waals surface area contributed by atoms with E-state index in [-0.39, 0.29) is 6.10 Å². The highest BCUT2D eigenvalue weighted by atomic mass is 16.3. The van der Waals surface area contributed by atoms with Crippen LogP contribution in [0.3, 0.4) is 0 Å². The molecule has 0 spiro atoms. The van der Waals surface area contributed by atoms with Crippen LogP contribution in [0.2, 0.25) is 0 Å². The van der Waals surface area contributed by atoms with Crippen LogP contribution in [0.15, 0.2) is 24.5 Å². The first-order valence-corrected chi connectivity index (χ1v) is 5.59. The standard InChI is InChI=1S/C12H16N4O/c1-8(17)4-5-14-12-10-6-9(13)2-3-11(10)15-7-16-12/h2-3,6-8,17H,4-5,13H2,1H3,(H,14,15,16). The highest BCUT2D eigenvalue weighted by Crippen LogP contribution is 2.21. The van der Waals surface area contributed by atoms with Crippen LogP contribution in [0.25, 0.3) is 10.9 Å². The number of hydrogen-bond acceptors (Lipinski definition) is 5. The average Bonchev–Trinajstić information content (AvgIpc) is 2.29. The predicted molar refractivity (Wildman–Crippen MR) is 68.7 cm³/mol. The van der Waals surface area contributed by atoms with E-state index in [1.54, 1.807) is 6.92 Å². The lowest BCUT2D eigenvalue weighted by Crippen LogP contribution is -2.11. The summed E-state index contributed by atoms with van der Waals surface area (Å²) in [7, 11) is 0. The Kier molecular flexibility index (Phi) is 3.39. The van der Waals surface area contributed by atoms with Crippen LogP contribution in [0.4, 0.5) is 11.5 Å². The molecule has 90 valence electrons. The minimum atomic E-state index is -0.319. The molecule has 0 aliphatic heterocycles. The summed E-state index contributed by atoms with van der Waals surface area (Å²) in [5, 5.41) is 13.3. The summed E-state index contributed by atoms with van der Waals surface area (Å²) in [6.07, 6.45) is 1.87. The first-order chi connectivity index (χ1) is 8.16. The number of nitrogens with zero attached hydrogens (tertiary/aromatic N) is 2. The second-order valence-corrected chi connectivity index (χ2v) is 4.06. The van der Waals surface area contributed by atoms with Crippen molar-refractivity contribution in [1.82, 2.24) is 9.97 Å². The van der Waals surface area contributed by atoms with Crippen LogP contribution in [-0.4, -0.2) is 27.7 Å². The number of rotatable bonds is 4. The number of anilines is 2. The Morgan fingerprint density at radius 3 is 3.00 bits per heavy atom. The number of nitrogens with two attached hydrogens (primary N) is 1. The summed E-state index contributed by atoms with van der Waals surface area (Å²) in [5.74, 6) is 0.753. The molecule has 0 amide bonds. The first kappa shape index (κ1) is 11.6. The molecule has 0 saturated carbocycles. The normalized spacial score (nSPS) is 12.6. The lowest BCUT2D eigenvalue weighted by molar-refractivity contribution is 0.188. The second-order valence-electron chi connectivity index (χ2n) is 4.06. The van der Waals surface area contributed by atoms with Crippen molar-refractivity contribution in [2.24, 2.45) is 0 Å². The highest BCUT2D eigenvalue weighted by Gasteiger charge is 2.04. The monoisotopic (exact) mass is 232 g/mol. The smallest absolute Gasteiger partial charge is 0.137 e. The Balaban J connectivity index is 2.24. The van der Waals surface area contributed by atoms with Gasteiger partial charge in [-0.15, -0.1) is 0 Å². The third-order valence-electron chi connectivity index (χ3n) is 2.51. The van der Waals surface area contributed by atoms with E-state index in [2.05, 4.69) is 15.3 Å². The van der Waals surface area contributed by atoms with Crippen LogP contribution < -0.4 is 11.1 Å². The maximum absolute atomic E-state index is 9.20. The lowest BCUT2D eigenvalue weighted by Gasteiger charge is -2.09. The minimum absolute atomic E-state index is 0.319. The molecule has 0 saturated heterocycles. The van der Waals surface area contributed by atoms with Gasteiger partial charge in [0.1, 0.15) is 12.1 Å². The fourth-order valence-corrected chi connectivity index (χ4v) is 1.61. The Labute approximate surface area is 99.7 Å². The number of nitrogen functional groups attached to an aromatic ring is 1. The SMILES string of the molecule is CC(O)CCNc1ncnc2ccc(N)cc12. The van der Waals surface area contributed by atoms with Crippen LogP contribution in [0.1, 0.15) is 13.3 Å². The Bertz CT molecular complexity index is 513. The second kappa shape index (κ2) is 4.97. The van der Waals surface area contributed by atoms with Gasteiger partial charge in [0.05, 0.1) is 11.6 Å². The number of fused-ring (bicyclic) bond motifs is 1. The molecule has 0 bridgehead atoms. The van der Waals surface area contributed by atoms with Crippen molar-refractivity contribution in [1.29, 1.82) is 0 Å². The zero-order valence-corrected chi connectivity index (χ0v) is 9.72. The molecule has 17 heavy (non-hydrogen) atoms. The van der Waals surface area contributed by atoms with E-state index in [1.807, 2.05) is 18.2 Å². The molecule has 0 fully saturated rings. The Morgan fingerprint density at radius 2 is 2.24 bits per heavy atom. The van der Waals surface area contributed by atoms with Gasteiger partial charge in [-0.2, -0.15) is 0 Å². The van der Waals surface area contributed by atoms with E-state index in [0.29, 0.717) is 18.7 Å². The van der Waals surface area contributed by atoms with E-state index < -0.39 is 0 Å². The molecular formula is C12H16N4O. The highest BCUT2D eigenvalue weighted by molar-refractivity contribution is 5.91. The van der Waals surface area contributed by atoms with Crippen LogP contribution in [0.5, 0.6) is 0 Å². The van der Waals surface area contributed by atoms with Crippen molar-refractivity contribution in [3.05, 3.63) is 24.5 Å². The zero-order valence-electron chi connectivity index (χ0n) is 9.72. The number of nitrogens with one attached hydrogen (secondary N) is 1. The summed E-state index contributed by atoms with van der Waals surface area (Å²) in [6, 6.07) is 5.53. The quantitative estimate of drug-likeness (QED) is 0.694. The maximum atomic E-state index is 9.20. The van der Waals surface area contributed by atoms with Crippen molar-refractivity contribution in [2.75, 3.05) is 17.6 Å². The summed E-state index contributed by atoms with van der Waals surface area (Å²) in [6.45, 7) is 2.43. The maximum Gasteiger partial charge on any atom is 0.137 e. The third kappa shape index (κ3) is 2.82. The van der Waals surface area contributed by atoms with Gasteiger partial charge in [0.15, 0.2) is 0 Å². The Hall–Kier alpha value is -1.88. The third-order valence-corrected chi connectivity index (χ3v) is 2.51. The van der Waals surface area contributed by atoms with E-state index in [1.165, 1.54) is 6.33 Å². The molecule has 2 aromatic rings. The Morgan fingerprint density at radius 1 is 1.41 bits per heavy atom. The summed E-state index contributed by atoms with van der Waals surface area (Å²) < 4.78 is 0. The largest absolute Gasteiger partial charge is 0.399 e. The van der Waals surface area contributed by atoms with Crippen molar-refractivity contribution in [2.45, 2.75) is 19.4 Å². The molecular weight excluding hydrogens is 216 g/mol. The van der Waals surface area contributed by atoms with Crippen LogP contribution >= 0.6 is 0 Å². The van der Waals surface area contributed by atoms with Gasteiger partial charge in [-0.1, -0.05) is 0 Å². The van der Waals surface area contributed by atoms with E-state index in [9.17, 15) is 5.11 Å². The zero-order chi connectivity index (χ0) is 12.3. The van der Waals surface area contributed by atoms with Crippen LogP contribution in [-0.2, 0) is 0 Å². The van der Waals surface area contributed by atoms with Gasteiger partial charge in [-0.05, 0) is 31.5 Å². The number of aliphatic hydroxyl groups is 1. The molecule has 1 heterocycles. The lowest BCUT2D eigenvalue weighted by atomic mass is 10.2. The van der Waals surface area contributed by atoms with Gasteiger partial charge < -0.3 is 16.2 Å². The summed E-state index contributed by atoms with van der Waals surface area (Å²) in [4.78, 5) is 8.36. The molecule has 1 aromatic heterocycles. The molecule has 2 rings (SSSR count). The van der Waals surface area contributed by atoms with Crippen molar-refractivity contribution >= 4 is 22.4 Å². The minimum Gasteiger partial charge on any atom is -0.399 e. The van der Waals surface area contributed by atoms with Gasteiger partial charge in [0, 0.05) is 17.6 Å². The molecule has 1 aromatic carbocycles. The van der Waals surface area contributed by atoms with Crippen molar-refractivity contribution < 1.29 is 5.11 Å². The number of aliphatic hydroxyl groups excluding tert-OH is 1. The molecule has 0 aliphatic rings. The summed E-state index contributed by atoms with van der Waals surface area (Å²) in [5.41, 5.74) is 7.29. The predicted octanol–water partition coefficient (Wildman–Crippen LogP) is 1.39. The van der Waals surface area contributed by atoms with Gasteiger partial charge in [-0.3, -0.25) is 0 Å². The molecule has 5 nitrogen and oxygen atoms in total. The van der Waals surface area contributed by atoms with Crippen LogP contribution in [0, 0.1) is 0 Å². The van der Waals surface area contributed by atoms with Crippen molar-refractivity contribution in [3.63, 3.8) is 0 Å². The first-order valence-electron chi connectivity index (χ1n) is 5.59. The molecule has 1 atom stereocenters. The average molecular weight is 232 g/mol. The molecule has 5 heteroatoms. The molecule has 0 aliphatic carbocycles. The fraction of sp³-hybridized carbons (Fsp3) is 0.333. The molecule has 1 unspecified atom stereocenters. The van der Waals surface area contributed by atoms with E-state index >= 15 is 0 Å². The van der Waals surface area contributed by atoms with Gasteiger partial charge in [0.25, 0.3) is 0 Å². The van der Waals surface area contributed by atoms with E-state index in [4.69, 9.17) is 5.73 Å².